The van der Waals surface area contributed by atoms with Gasteiger partial charge in [-0.15, -0.1) is 10.2 Å². The van der Waals surface area contributed by atoms with Crippen molar-refractivity contribution in [1.29, 1.82) is 0 Å². The van der Waals surface area contributed by atoms with Gasteiger partial charge in [0.1, 0.15) is 17.0 Å². The van der Waals surface area contributed by atoms with Crippen molar-refractivity contribution in [2.24, 2.45) is 5.10 Å². The molecule has 0 spiro atoms. The number of aryl methyl sites for hydroxylation is 1. The molecule has 2 heterocycles. The van der Waals surface area contributed by atoms with Gasteiger partial charge < -0.3 is 14.8 Å². The number of rotatable bonds is 4. The Morgan fingerprint density at radius 1 is 1.15 bits per heavy atom. The molecular weight excluding hydrogens is 332 g/mol. The van der Waals surface area contributed by atoms with Crippen LogP contribution in [0.3, 0.4) is 0 Å². The molecule has 130 valence electrons. The molecule has 0 aliphatic carbocycles. The summed E-state index contributed by atoms with van der Waals surface area (Å²) < 4.78 is 2.07. The number of phenolic OH excluding ortho intramolecular Hbond substituents is 2. The van der Waals surface area contributed by atoms with E-state index in [1.165, 1.54) is 18.3 Å². The lowest BCUT2D eigenvalue weighted by Gasteiger charge is -2.03. The van der Waals surface area contributed by atoms with Crippen LogP contribution >= 0.6 is 0 Å². The molecule has 8 heteroatoms. The molecule has 2 aromatic carbocycles. The average Bonchev–Trinajstić information content (AvgIpc) is 2.96. The number of benzene rings is 2. The Hall–Kier alpha value is -3.68. The predicted molar refractivity (Wildman–Crippen MR) is 99.5 cm³/mol. The highest BCUT2D eigenvalue weighted by Gasteiger charge is 2.13. The minimum atomic E-state index is -0.0730. The molecule has 4 aromatic rings. The van der Waals surface area contributed by atoms with Crippen LogP contribution in [0.15, 0.2) is 47.6 Å². The van der Waals surface area contributed by atoms with Gasteiger partial charge in [0.2, 0.25) is 0 Å². The molecule has 0 aliphatic rings. The highest BCUT2D eigenvalue weighted by Crippen LogP contribution is 2.26. The Labute approximate surface area is 148 Å². The second-order valence-electron chi connectivity index (χ2n) is 5.68. The molecule has 8 nitrogen and oxygen atoms in total. The molecule has 3 N–H and O–H groups in total. The number of fused-ring (bicyclic) bond motifs is 3. The van der Waals surface area contributed by atoms with Crippen molar-refractivity contribution in [1.82, 2.24) is 19.7 Å². The Kier molecular flexibility index (Phi) is 3.85. The van der Waals surface area contributed by atoms with Gasteiger partial charge in [-0.3, -0.25) is 0 Å². The molecule has 0 atom stereocenters. The first-order valence-corrected chi connectivity index (χ1v) is 8.10. The lowest BCUT2D eigenvalue weighted by Crippen LogP contribution is -2.02. The summed E-state index contributed by atoms with van der Waals surface area (Å²) in [5.74, 6) is 0.165. The van der Waals surface area contributed by atoms with Crippen molar-refractivity contribution >= 4 is 34.2 Å². The Bertz CT molecular complexity index is 1140. The summed E-state index contributed by atoms with van der Waals surface area (Å²) in [6.07, 6.45) is 1.41. The lowest BCUT2D eigenvalue weighted by molar-refractivity contribution is 0.450. The number of hydrazone groups is 1. The molecule has 0 amide bonds. The monoisotopic (exact) mass is 348 g/mol. The van der Waals surface area contributed by atoms with Crippen molar-refractivity contribution < 1.29 is 10.2 Å². The molecule has 0 bridgehead atoms. The fourth-order valence-corrected chi connectivity index (χ4v) is 2.87. The van der Waals surface area contributed by atoms with Gasteiger partial charge in [0.05, 0.1) is 11.7 Å². The smallest absolute Gasteiger partial charge is 0.265 e. The zero-order valence-electron chi connectivity index (χ0n) is 14.0. The summed E-state index contributed by atoms with van der Waals surface area (Å²) in [6.45, 7) is 2.81. The molecule has 4 rings (SSSR count). The van der Waals surface area contributed by atoms with Gasteiger partial charge in [0, 0.05) is 23.6 Å². The van der Waals surface area contributed by atoms with E-state index in [0.717, 1.165) is 28.6 Å². The van der Waals surface area contributed by atoms with E-state index in [-0.39, 0.29) is 17.4 Å². The Morgan fingerprint density at radius 2 is 2.00 bits per heavy atom. The third kappa shape index (κ3) is 2.67. The van der Waals surface area contributed by atoms with E-state index in [0.29, 0.717) is 5.56 Å². The minimum Gasteiger partial charge on any atom is -0.508 e. The summed E-state index contributed by atoms with van der Waals surface area (Å²) in [6, 6.07) is 12.2. The van der Waals surface area contributed by atoms with Gasteiger partial charge in [-0.25, -0.2) is 5.43 Å². The number of aromatic hydroxyl groups is 2. The van der Waals surface area contributed by atoms with Gasteiger partial charge in [0.25, 0.3) is 5.95 Å². The van der Waals surface area contributed by atoms with Crippen molar-refractivity contribution in [2.75, 3.05) is 5.43 Å². The summed E-state index contributed by atoms with van der Waals surface area (Å²) in [4.78, 5) is 4.51. The van der Waals surface area contributed by atoms with E-state index in [4.69, 9.17) is 0 Å². The molecule has 0 saturated heterocycles. The first kappa shape index (κ1) is 15.8. The SMILES string of the molecule is CCn1c2ccccc2c2nnc(N/N=C\c3ccc(O)cc3O)nc21. The lowest BCUT2D eigenvalue weighted by atomic mass is 10.2. The van der Waals surface area contributed by atoms with Gasteiger partial charge in [0.15, 0.2) is 5.65 Å². The molecule has 0 fully saturated rings. The summed E-state index contributed by atoms with van der Waals surface area (Å²) >= 11 is 0. The number of hydrogen-bond acceptors (Lipinski definition) is 7. The molecule has 0 radical (unpaired) electrons. The van der Waals surface area contributed by atoms with Crippen LogP contribution in [-0.2, 0) is 6.54 Å². The number of aromatic nitrogens is 4. The fourth-order valence-electron chi connectivity index (χ4n) is 2.87. The van der Waals surface area contributed by atoms with Crippen LogP contribution in [0.4, 0.5) is 5.95 Å². The number of para-hydroxylation sites is 1. The van der Waals surface area contributed by atoms with Crippen molar-refractivity contribution in [3.63, 3.8) is 0 Å². The first-order chi connectivity index (χ1) is 12.7. The Balaban J connectivity index is 1.67. The first-order valence-electron chi connectivity index (χ1n) is 8.10. The molecule has 26 heavy (non-hydrogen) atoms. The van der Waals surface area contributed by atoms with Crippen LogP contribution < -0.4 is 5.43 Å². The topological polar surface area (TPSA) is 108 Å². The zero-order chi connectivity index (χ0) is 18.1. The third-order valence-electron chi connectivity index (χ3n) is 4.07. The maximum Gasteiger partial charge on any atom is 0.265 e. The fraction of sp³-hybridized carbons (Fsp3) is 0.111. The van der Waals surface area contributed by atoms with E-state index in [1.807, 2.05) is 31.2 Å². The van der Waals surface area contributed by atoms with Crippen LogP contribution in [0.2, 0.25) is 0 Å². The normalized spacial score (nSPS) is 11.6. The van der Waals surface area contributed by atoms with Crippen LogP contribution in [0.25, 0.3) is 22.1 Å². The highest BCUT2D eigenvalue weighted by atomic mass is 16.3. The standard InChI is InChI=1S/C18H16N6O2/c1-2-24-14-6-4-3-5-13(14)16-17(24)20-18(23-21-16)22-19-10-11-7-8-12(25)9-15(11)26/h3-10,25-26H,2H2,1H3,(H,20,22,23)/b19-10-. The predicted octanol–water partition coefficient (Wildman–Crippen LogP) is 2.86. The molecular formula is C18H16N6O2. The molecule has 0 aliphatic heterocycles. The maximum atomic E-state index is 9.75. The van der Waals surface area contributed by atoms with Crippen LogP contribution in [0, 0.1) is 0 Å². The second-order valence-corrected chi connectivity index (χ2v) is 5.68. The summed E-state index contributed by atoms with van der Waals surface area (Å²) in [7, 11) is 0. The Morgan fingerprint density at radius 3 is 2.81 bits per heavy atom. The number of nitrogens with one attached hydrogen (secondary N) is 1. The minimum absolute atomic E-state index is 0.0158. The van der Waals surface area contributed by atoms with Gasteiger partial charge >= 0.3 is 0 Å². The number of hydrogen-bond donors (Lipinski definition) is 3. The van der Waals surface area contributed by atoms with E-state index < -0.39 is 0 Å². The van der Waals surface area contributed by atoms with E-state index in [2.05, 4.69) is 30.3 Å². The van der Waals surface area contributed by atoms with E-state index >= 15 is 0 Å². The number of anilines is 1. The van der Waals surface area contributed by atoms with Crippen molar-refractivity contribution in [2.45, 2.75) is 13.5 Å². The highest BCUT2D eigenvalue weighted by molar-refractivity contribution is 6.04. The van der Waals surface area contributed by atoms with Crippen LogP contribution in [0.5, 0.6) is 11.5 Å². The van der Waals surface area contributed by atoms with Crippen LogP contribution in [0.1, 0.15) is 12.5 Å². The summed E-state index contributed by atoms with van der Waals surface area (Å²) in [5, 5.41) is 32.4. The van der Waals surface area contributed by atoms with E-state index in [9.17, 15) is 10.2 Å². The van der Waals surface area contributed by atoms with Crippen LogP contribution in [-0.4, -0.2) is 36.2 Å². The largest absolute Gasteiger partial charge is 0.508 e. The number of nitrogens with zero attached hydrogens (tertiary/aromatic N) is 5. The van der Waals surface area contributed by atoms with Gasteiger partial charge in [-0.1, -0.05) is 18.2 Å². The third-order valence-corrected chi connectivity index (χ3v) is 4.07. The number of phenols is 2. The van der Waals surface area contributed by atoms with Crippen molar-refractivity contribution in [3.05, 3.63) is 48.0 Å². The van der Waals surface area contributed by atoms with Gasteiger partial charge in [-0.2, -0.15) is 10.1 Å². The summed E-state index contributed by atoms with van der Waals surface area (Å²) in [5.41, 5.74) is 5.70. The maximum absolute atomic E-state index is 9.75. The molecule has 0 saturated carbocycles. The molecule has 0 unspecified atom stereocenters. The zero-order valence-corrected chi connectivity index (χ0v) is 14.0. The van der Waals surface area contributed by atoms with Gasteiger partial charge in [-0.05, 0) is 25.1 Å². The van der Waals surface area contributed by atoms with Crippen molar-refractivity contribution in [3.8, 4) is 11.5 Å². The molecule has 2 aromatic heterocycles. The second kappa shape index (κ2) is 6.32. The average molecular weight is 348 g/mol. The van der Waals surface area contributed by atoms with E-state index in [1.54, 1.807) is 6.07 Å². The quantitative estimate of drug-likeness (QED) is 0.386.